The van der Waals surface area contributed by atoms with Gasteiger partial charge >= 0.3 is 0 Å². The molecule has 1 N–H and O–H groups in total. The molecule has 1 aliphatic carbocycles. The van der Waals surface area contributed by atoms with Crippen LogP contribution in [0.1, 0.15) is 36.8 Å². The van der Waals surface area contributed by atoms with Gasteiger partial charge < -0.3 is 5.11 Å². The lowest BCUT2D eigenvalue weighted by atomic mass is 9.67. The average Bonchev–Trinajstić information content (AvgIpc) is 2.63. The van der Waals surface area contributed by atoms with E-state index in [2.05, 4.69) is 59.5 Å². The maximum Gasteiger partial charge on any atom is 0.0690 e. The Labute approximate surface area is 151 Å². The Balaban J connectivity index is 1.35. The van der Waals surface area contributed by atoms with Crippen molar-refractivity contribution < 1.29 is 5.11 Å². The molecule has 0 aromatic heterocycles. The monoisotopic (exact) mass is 335 g/mol. The number of aliphatic hydroxyl groups is 1. The summed E-state index contributed by atoms with van der Waals surface area (Å²) in [5.74, 6) is 1.45. The molecular formula is C23H29NO. The van der Waals surface area contributed by atoms with E-state index in [-0.39, 0.29) is 0 Å². The first-order valence-electron chi connectivity index (χ1n) is 9.73. The molecule has 1 aliphatic heterocycles. The van der Waals surface area contributed by atoms with Crippen molar-refractivity contribution in [1.29, 1.82) is 0 Å². The molecular weight excluding hydrogens is 306 g/mol. The molecule has 4 rings (SSSR count). The summed E-state index contributed by atoms with van der Waals surface area (Å²) in [7, 11) is 0. The lowest BCUT2D eigenvalue weighted by molar-refractivity contribution is -0.0564. The normalized spacial score (nSPS) is 30.0. The second-order valence-corrected chi connectivity index (χ2v) is 8.16. The number of likely N-dealkylation sites (tertiary alicyclic amines) is 1. The number of hydrogen-bond donors (Lipinski definition) is 1. The third-order valence-corrected chi connectivity index (χ3v) is 6.22. The van der Waals surface area contributed by atoms with Gasteiger partial charge in [-0.25, -0.2) is 0 Å². The molecule has 2 aromatic carbocycles. The summed E-state index contributed by atoms with van der Waals surface area (Å²) in [5, 5.41) is 11.2. The highest BCUT2D eigenvalue weighted by Crippen LogP contribution is 2.42. The maximum absolute atomic E-state index is 11.2. The van der Waals surface area contributed by atoms with Crippen LogP contribution in [0, 0.1) is 11.8 Å². The van der Waals surface area contributed by atoms with Crippen LogP contribution in [0.25, 0.3) is 0 Å². The van der Waals surface area contributed by atoms with Crippen LogP contribution in [0.4, 0.5) is 0 Å². The van der Waals surface area contributed by atoms with E-state index in [0.717, 1.165) is 38.3 Å². The second-order valence-electron chi connectivity index (χ2n) is 8.16. The van der Waals surface area contributed by atoms with Crippen LogP contribution in [0.2, 0.25) is 0 Å². The zero-order chi connectivity index (χ0) is 17.1. The standard InChI is InChI=1S/C23H29NO/c25-23(15-19-7-3-1-4-8-19)13-11-22-18-24(14-12-21(22)16-23)17-20-9-5-2-6-10-20/h1-10,21-22,25H,11-18H2. The Morgan fingerprint density at radius 2 is 1.56 bits per heavy atom. The second kappa shape index (κ2) is 7.31. The summed E-state index contributed by atoms with van der Waals surface area (Å²) in [6, 6.07) is 21.3. The maximum atomic E-state index is 11.2. The average molecular weight is 335 g/mol. The summed E-state index contributed by atoms with van der Waals surface area (Å²) < 4.78 is 0. The van der Waals surface area contributed by atoms with Crippen molar-refractivity contribution in [1.82, 2.24) is 4.90 Å². The van der Waals surface area contributed by atoms with Crippen LogP contribution >= 0.6 is 0 Å². The molecule has 0 radical (unpaired) electrons. The SMILES string of the molecule is OC1(Cc2ccccc2)CCC2CN(Cc3ccccc3)CCC2C1. The molecule has 132 valence electrons. The number of nitrogens with zero attached hydrogens (tertiary/aromatic N) is 1. The van der Waals surface area contributed by atoms with Crippen LogP contribution in [-0.2, 0) is 13.0 Å². The van der Waals surface area contributed by atoms with Crippen LogP contribution in [-0.4, -0.2) is 28.7 Å². The van der Waals surface area contributed by atoms with Crippen molar-refractivity contribution in [2.75, 3.05) is 13.1 Å². The first-order chi connectivity index (χ1) is 12.2. The molecule has 2 nitrogen and oxygen atoms in total. The molecule has 3 unspecified atom stereocenters. The fourth-order valence-corrected chi connectivity index (χ4v) is 4.92. The van der Waals surface area contributed by atoms with E-state index in [9.17, 15) is 5.11 Å². The highest BCUT2D eigenvalue weighted by atomic mass is 16.3. The van der Waals surface area contributed by atoms with Crippen LogP contribution in [0.3, 0.4) is 0 Å². The van der Waals surface area contributed by atoms with E-state index in [1.165, 1.54) is 30.5 Å². The van der Waals surface area contributed by atoms with E-state index in [4.69, 9.17) is 0 Å². The van der Waals surface area contributed by atoms with Gasteiger partial charge in [0, 0.05) is 19.5 Å². The van der Waals surface area contributed by atoms with Gasteiger partial charge in [-0.3, -0.25) is 4.90 Å². The quantitative estimate of drug-likeness (QED) is 0.901. The predicted octanol–water partition coefficient (Wildman–Crippen LogP) is 4.28. The van der Waals surface area contributed by atoms with E-state index in [0.29, 0.717) is 5.92 Å². The van der Waals surface area contributed by atoms with Gasteiger partial charge in [0.05, 0.1) is 5.60 Å². The first-order valence-corrected chi connectivity index (χ1v) is 9.73. The molecule has 1 saturated carbocycles. The summed E-state index contributed by atoms with van der Waals surface area (Å²) in [6.07, 6.45) is 5.13. The van der Waals surface area contributed by atoms with E-state index in [1.54, 1.807) is 0 Å². The molecule has 2 heteroatoms. The third kappa shape index (κ3) is 4.13. The molecule has 2 aromatic rings. The fourth-order valence-electron chi connectivity index (χ4n) is 4.92. The molecule has 0 bridgehead atoms. The van der Waals surface area contributed by atoms with Crippen molar-refractivity contribution in [2.24, 2.45) is 11.8 Å². The zero-order valence-corrected chi connectivity index (χ0v) is 15.0. The van der Waals surface area contributed by atoms with Crippen molar-refractivity contribution in [3.63, 3.8) is 0 Å². The zero-order valence-electron chi connectivity index (χ0n) is 15.0. The molecule has 0 amide bonds. The summed E-state index contributed by atoms with van der Waals surface area (Å²) in [6.45, 7) is 3.43. The summed E-state index contributed by atoms with van der Waals surface area (Å²) in [5.41, 5.74) is 2.19. The minimum atomic E-state index is -0.496. The first kappa shape index (κ1) is 16.8. The summed E-state index contributed by atoms with van der Waals surface area (Å²) >= 11 is 0. The molecule has 3 atom stereocenters. The third-order valence-electron chi connectivity index (χ3n) is 6.22. The fraction of sp³-hybridized carbons (Fsp3) is 0.478. The molecule has 2 fully saturated rings. The van der Waals surface area contributed by atoms with Gasteiger partial charge in [0.1, 0.15) is 0 Å². The smallest absolute Gasteiger partial charge is 0.0690 e. The van der Waals surface area contributed by atoms with Gasteiger partial charge in [0.15, 0.2) is 0 Å². The highest BCUT2D eigenvalue weighted by molar-refractivity contribution is 5.18. The van der Waals surface area contributed by atoms with E-state index in [1.807, 2.05) is 6.07 Å². The van der Waals surface area contributed by atoms with E-state index < -0.39 is 5.60 Å². The minimum Gasteiger partial charge on any atom is -0.390 e. The van der Waals surface area contributed by atoms with Crippen LogP contribution in [0.5, 0.6) is 0 Å². The number of fused-ring (bicyclic) bond motifs is 1. The topological polar surface area (TPSA) is 23.5 Å². The number of benzene rings is 2. The highest BCUT2D eigenvalue weighted by Gasteiger charge is 2.41. The molecule has 2 aliphatic rings. The number of piperidine rings is 1. The Kier molecular flexibility index (Phi) is 4.91. The Morgan fingerprint density at radius 3 is 2.28 bits per heavy atom. The van der Waals surface area contributed by atoms with Crippen molar-refractivity contribution >= 4 is 0 Å². The lowest BCUT2D eigenvalue weighted by Gasteiger charge is -2.47. The van der Waals surface area contributed by atoms with Crippen LogP contribution in [0.15, 0.2) is 60.7 Å². The Bertz CT molecular complexity index is 671. The molecule has 1 saturated heterocycles. The van der Waals surface area contributed by atoms with Crippen molar-refractivity contribution in [2.45, 2.75) is 44.2 Å². The van der Waals surface area contributed by atoms with Gasteiger partial charge in [-0.05, 0) is 55.2 Å². The number of rotatable bonds is 4. The van der Waals surface area contributed by atoms with Gasteiger partial charge in [-0.1, -0.05) is 60.7 Å². The van der Waals surface area contributed by atoms with Gasteiger partial charge in [0.2, 0.25) is 0 Å². The Hall–Kier alpha value is -1.64. The van der Waals surface area contributed by atoms with Crippen molar-refractivity contribution in [3.8, 4) is 0 Å². The largest absolute Gasteiger partial charge is 0.390 e. The van der Waals surface area contributed by atoms with Gasteiger partial charge in [0.25, 0.3) is 0 Å². The number of hydrogen-bond acceptors (Lipinski definition) is 2. The van der Waals surface area contributed by atoms with Crippen LogP contribution < -0.4 is 0 Å². The minimum absolute atomic E-state index is 0.496. The Morgan fingerprint density at radius 1 is 0.880 bits per heavy atom. The van der Waals surface area contributed by atoms with Gasteiger partial charge in [-0.2, -0.15) is 0 Å². The predicted molar refractivity (Wildman–Crippen MR) is 102 cm³/mol. The van der Waals surface area contributed by atoms with Crippen molar-refractivity contribution in [3.05, 3.63) is 71.8 Å². The molecule has 0 spiro atoms. The van der Waals surface area contributed by atoms with E-state index >= 15 is 0 Å². The molecule has 1 heterocycles. The lowest BCUT2D eigenvalue weighted by Crippen LogP contribution is -2.48. The molecule has 25 heavy (non-hydrogen) atoms. The summed E-state index contributed by atoms with van der Waals surface area (Å²) in [4.78, 5) is 2.61. The van der Waals surface area contributed by atoms with Gasteiger partial charge in [-0.15, -0.1) is 0 Å².